The molecule has 0 aliphatic carbocycles. The predicted octanol–water partition coefficient (Wildman–Crippen LogP) is 2.77. The zero-order chi connectivity index (χ0) is 16.7. The molecule has 3 aromatic rings. The van der Waals surface area contributed by atoms with Gasteiger partial charge < -0.3 is 9.84 Å². The number of carbonyl (C=O) groups is 1. The van der Waals surface area contributed by atoms with Gasteiger partial charge in [-0.1, -0.05) is 54.2 Å². The minimum Gasteiger partial charge on any atom is -0.469 e. The molecule has 0 spiro atoms. The summed E-state index contributed by atoms with van der Waals surface area (Å²) in [6.45, 7) is 0. The monoisotopic (exact) mass is 340 g/mol. The van der Waals surface area contributed by atoms with E-state index >= 15 is 0 Å². The van der Waals surface area contributed by atoms with Crippen molar-refractivity contribution in [2.24, 2.45) is 0 Å². The van der Waals surface area contributed by atoms with E-state index in [9.17, 15) is 9.90 Å². The van der Waals surface area contributed by atoms with Crippen molar-refractivity contribution in [2.75, 3.05) is 7.11 Å². The van der Waals surface area contributed by atoms with Crippen LogP contribution < -0.4 is 0 Å². The Balaban J connectivity index is 1.92. The molecule has 1 aromatic heterocycles. The predicted molar refractivity (Wildman–Crippen MR) is 91.7 cm³/mol. The second-order valence-electron chi connectivity index (χ2n) is 5.70. The van der Waals surface area contributed by atoms with Gasteiger partial charge in [-0.3, -0.25) is 9.36 Å². The molecule has 0 saturated heterocycles. The highest BCUT2D eigenvalue weighted by Gasteiger charge is 2.50. The molecule has 2 unspecified atom stereocenters. The normalized spacial score (nSPS) is 22.5. The Labute approximate surface area is 143 Å². The number of imidazole rings is 1. The molecule has 1 aliphatic heterocycles. The van der Waals surface area contributed by atoms with Crippen LogP contribution in [0.15, 0.2) is 59.8 Å². The molecule has 0 saturated carbocycles. The lowest BCUT2D eigenvalue weighted by Crippen LogP contribution is -2.41. The van der Waals surface area contributed by atoms with Crippen molar-refractivity contribution in [3.8, 4) is 0 Å². The Hall–Kier alpha value is -2.31. The number of benzene rings is 2. The number of esters is 1. The minimum absolute atomic E-state index is 0.101. The lowest BCUT2D eigenvalue weighted by atomic mass is 9.96. The smallest absolute Gasteiger partial charge is 0.306 e. The molecule has 0 bridgehead atoms. The molecular formula is C18H16N2O3S. The second kappa shape index (κ2) is 5.65. The van der Waals surface area contributed by atoms with Crippen molar-refractivity contribution < 1.29 is 14.6 Å². The van der Waals surface area contributed by atoms with Crippen molar-refractivity contribution >= 4 is 28.8 Å². The van der Waals surface area contributed by atoms with E-state index in [4.69, 9.17) is 4.74 Å². The Morgan fingerprint density at radius 3 is 2.71 bits per heavy atom. The third-order valence-electron chi connectivity index (χ3n) is 4.35. The number of methoxy groups -OCH3 is 1. The van der Waals surface area contributed by atoms with Crippen LogP contribution in [0.25, 0.3) is 11.0 Å². The van der Waals surface area contributed by atoms with Gasteiger partial charge >= 0.3 is 5.97 Å². The topological polar surface area (TPSA) is 64.3 Å². The number of para-hydroxylation sites is 2. The molecule has 2 aromatic carbocycles. The van der Waals surface area contributed by atoms with E-state index in [0.717, 1.165) is 16.6 Å². The van der Waals surface area contributed by atoms with Gasteiger partial charge in [-0.25, -0.2) is 4.98 Å². The molecule has 6 heteroatoms. The molecule has 122 valence electrons. The lowest BCUT2D eigenvalue weighted by Gasteiger charge is -2.31. The minimum atomic E-state index is -1.36. The number of nitrogens with zero attached hydrogens (tertiary/aromatic N) is 2. The Morgan fingerprint density at radius 1 is 1.25 bits per heavy atom. The van der Waals surface area contributed by atoms with Gasteiger partial charge in [-0.05, 0) is 12.1 Å². The van der Waals surface area contributed by atoms with Crippen LogP contribution >= 0.6 is 11.8 Å². The highest BCUT2D eigenvalue weighted by atomic mass is 32.2. The molecule has 24 heavy (non-hydrogen) atoms. The number of thioether (sulfide) groups is 1. The molecule has 2 atom stereocenters. The largest absolute Gasteiger partial charge is 0.469 e. The van der Waals surface area contributed by atoms with Crippen molar-refractivity contribution in [2.45, 2.75) is 22.6 Å². The van der Waals surface area contributed by atoms with Crippen molar-refractivity contribution in [3.63, 3.8) is 0 Å². The average molecular weight is 340 g/mol. The van der Waals surface area contributed by atoms with Gasteiger partial charge in [0.15, 0.2) is 10.9 Å². The van der Waals surface area contributed by atoms with Crippen LogP contribution in [0.2, 0.25) is 0 Å². The maximum atomic E-state index is 11.8. The number of carbonyl (C=O) groups excluding carboxylic acids is 1. The molecule has 0 radical (unpaired) electrons. The van der Waals surface area contributed by atoms with Gasteiger partial charge in [0.1, 0.15) is 0 Å². The standard InChI is InChI=1S/C18H16N2O3S/c1-23-16(21)11-15-18(22,12-7-3-2-4-8-12)20-14-10-6-5-9-13(14)19-17(20)24-15/h2-10,15,22H,11H2,1H3. The number of rotatable bonds is 3. The molecule has 2 heterocycles. The molecule has 4 rings (SSSR count). The first kappa shape index (κ1) is 15.2. The number of ether oxygens (including phenoxy) is 1. The quantitative estimate of drug-likeness (QED) is 0.743. The highest BCUT2D eigenvalue weighted by molar-refractivity contribution is 8.00. The van der Waals surface area contributed by atoms with Gasteiger partial charge in [0.25, 0.3) is 0 Å². The van der Waals surface area contributed by atoms with Crippen LogP contribution in [-0.4, -0.2) is 33.0 Å². The summed E-state index contributed by atoms with van der Waals surface area (Å²) in [4.78, 5) is 16.5. The van der Waals surface area contributed by atoms with Crippen LogP contribution in [0, 0.1) is 0 Å². The molecule has 1 aliphatic rings. The van der Waals surface area contributed by atoms with Gasteiger partial charge in [-0.2, -0.15) is 0 Å². The maximum Gasteiger partial charge on any atom is 0.306 e. The fourth-order valence-corrected chi connectivity index (χ4v) is 4.56. The number of aromatic nitrogens is 2. The Bertz CT molecular complexity index is 909. The summed E-state index contributed by atoms with van der Waals surface area (Å²) in [6.07, 6.45) is 0.101. The summed E-state index contributed by atoms with van der Waals surface area (Å²) in [5.74, 6) is -0.350. The third-order valence-corrected chi connectivity index (χ3v) is 5.61. The average Bonchev–Trinajstić information content (AvgIpc) is 3.11. The van der Waals surface area contributed by atoms with Crippen LogP contribution in [0.3, 0.4) is 0 Å². The van der Waals surface area contributed by atoms with Crippen molar-refractivity contribution in [1.29, 1.82) is 0 Å². The second-order valence-corrected chi connectivity index (χ2v) is 6.87. The van der Waals surface area contributed by atoms with E-state index in [-0.39, 0.29) is 12.4 Å². The summed E-state index contributed by atoms with van der Waals surface area (Å²) >= 11 is 1.41. The summed E-state index contributed by atoms with van der Waals surface area (Å²) in [7, 11) is 1.36. The van der Waals surface area contributed by atoms with E-state index in [0.29, 0.717) is 5.16 Å². The SMILES string of the molecule is COC(=O)CC1Sc2nc3ccccc3n2C1(O)c1ccccc1. The zero-order valence-corrected chi connectivity index (χ0v) is 13.9. The molecular weight excluding hydrogens is 324 g/mol. The first-order valence-electron chi connectivity index (χ1n) is 7.64. The van der Waals surface area contributed by atoms with E-state index in [1.165, 1.54) is 18.9 Å². The number of aliphatic hydroxyl groups is 1. The van der Waals surface area contributed by atoms with Crippen molar-refractivity contribution in [1.82, 2.24) is 9.55 Å². The van der Waals surface area contributed by atoms with Gasteiger partial charge in [0.2, 0.25) is 0 Å². The summed E-state index contributed by atoms with van der Waals surface area (Å²) < 4.78 is 6.64. The number of hydrogen-bond donors (Lipinski definition) is 1. The third kappa shape index (κ3) is 2.14. The van der Waals surface area contributed by atoms with Crippen LogP contribution in [0.4, 0.5) is 0 Å². The first-order valence-corrected chi connectivity index (χ1v) is 8.52. The van der Waals surface area contributed by atoms with E-state index in [2.05, 4.69) is 4.98 Å². The fraction of sp³-hybridized carbons (Fsp3) is 0.222. The molecule has 0 fully saturated rings. The van der Waals surface area contributed by atoms with Gasteiger partial charge in [-0.15, -0.1) is 0 Å². The summed E-state index contributed by atoms with van der Waals surface area (Å²) in [5, 5.41) is 12.0. The van der Waals surface area contributed by atoms with Gasteiger partial charge in [0.05, 0.1) is 29.8 Å². The Kier molecular flexibility index (Phi) is 3.58. The van der Waals surface area contributed by atoms with E-state index < -0.39 is 11.0 Å². The number of hydrogen-bond acceptors (Lipinski definition) is 5. The van der Waals surface area contributed by atoms with E-state index in [1.54, 1.807) is 0 Å². The van der Waals surface area contributed by atoms with Crippen molar-refractivity contribution in [3.05, 3.63) is 60.2 Å². The van der Waals surface area contributed by atoms with Crippen LogP contribution in [0.1, 0.15) is 12.0 Å². The Morgan fingerprint density at radius 2 is 1.96 bits per heavy atom. The maximum absolute atomic E-state index is 11.8. The number of fused-ring (bicyclic) bond motifs is 3. The summed E-state index contributed by atoms with van der Waals surface area (Å²) in [5.41, 5.74) is 1.05. The molecule has 0 amide bonds. The van der Waals surface area contributed by atoms with Crippen LogP contribution in [0.5, 0.6) is 0 Å². The van der Waals surface area contributed by atoms with E-state index in [1.807, 2.05) is 59.2 Å². The summed E-state index contributed by atoms with van der Waals surface area (Å²) in [6, 6.07) is 17.1. The molecule has 1 N–H and O–H groups in total. The first-order chi connectivity index (χ1) is 11.6. The highest BCUT2D eigenvalue weighted by Crippen LogP contribution is 2.49. The van der Waals surface area contributed by atoms with Crippen LogP contribution in [-0.2, 0) is 15.3 Å². The lowest BCUT2D eigenvalue weighted by molar-refractivity contribution is -0.142. The molecule has 5 nitrogen and oxygen atoms in total. The fourth-order valence-electron chi connectivity index (χ4n) is 3.18. The van der Waals surface area contributed by atoms with Gasteiger partial charge in [0, 0.05) is 5.56 Å². The zero-order valence-electron chi connectivity index (χ0n) is 13.0.